The number of hydrogen-bond donors (Lipinski definition) is 1. The predicted octanol–water partition coefficient (Wildman–Crippen LogP) is 3.26. The van der Waals surface area contributed by atoms with Gasteiger partial charge in [0.2, 0.25) is 5.91 Å². The summed E-state index contributed by atoms with van der Waals surface area (Å²) in [7, 11) is 0. The van der Waals surface area contributed by atoms with E-state index in [1.165, 1.54) is 5.56 Å². The third-order valence-electron chi connectivity index (χ3n) is 4.21. The normalized spacial score (nSPS) is 20.2. The second-order valence-electron chi connectivity index (χ2n) is 5.78. The second-order valence-corrected chi connectivity index (χ2v) is 6.22. The van der Waals surface area contributed by atoms with Crippen LogP contribution < -0.4 is 5.73 Å². The summed E-state index contributed by atoms with van der Waals surface area (Å²) in [5, 5.41) is 0.684. The first-order chi connectivity index (χ1) is 10.6. The summed E-state index contributed by atoms with van der Waals surface area (Å²) in [5.74, 6) is 0.339. The van der Waals surface area contributed by atoms with Crippen LogP contribution in [0.4, 0.5) is 0 Å². The number of carbonyl (C=O) groups excluding carboxylic acids is 1. The van der Waals surface area contributed by atoms with Gasteiger partial charge in [0.15, 0.2) is 0 Å². The number of likely N-dealkylation sites (tertiary alicyclic amines) is 1. The SMILES string of the molecule is Cl.N[C@@H]1CN(C(=O)Cc2ccc(Cl)cc2)C[C@H]1c1ccccc1. The van der Waals surface area contributed by atoms with E-state index in [1.807, 2.05) is 47.4 Å². The van der Waals surface area contributed by atoms with Crippen molar-refractivity contribution in [3.8, 4) is 0 Å². The Bertz CT molecular complexity index is 646. The van der Waals surface area contributed by atoms with E-state index in [9.17, 15) is 4.79 Å². The van der Waals surface area contributed by atoms with Crippen LogP contribution in [0.2, 0.25) is 5.02 Å². The molecular weight excluding hydrogens is 331 g/mol. The first-order valence-corrected chi connectivity index (χ1v) is 7.84. The van der Waals surface area contributed by atoms with Gasteiger partial charge in [-0.25, -0.2) is 0 Å². The molecule has 0 spiro atoms. The molecule has 3 nitrogen and oxygen atoms in total. The highest BCUT2D eigenvalue weighted by Crippen LogP contribution is 2.26. The quantitative estimate of drug-likeness (QED) is 0.923. The van der Waals surface area contributed by atoms with Crippen LogP contribution in [-0.2, 0) is 11.2 Å². The van der Waals surface area contributed by atoms with Gasteiger partial charge < -0.3 is 10.6 Å². The molecular formula is C18H20Cl2N2O. The topological polar surface area (TPSA) is 46.3 Å². The summed E-state index contributed by atoms with van der Waals surface area (Å²) in [4.78, 5) is 14.3. The van der Waals surface area contributed by atoms with Gasteiger partial charge in [0.1, 0.15) is 0 Å². The first-order valence-electron chi connectivity index (χ1n) is 7.46. The highest BCUT2D eigenvalue weighted by Gasteiger charge is 2.33. The Morgan fingerprint density at radius 1 is 1.09 bits per heavy atom. The molecule has 2 N–H and O–H groups in total. The minimum absolute atomic E-state index is 0. The van der Waals surface area contributed by atoms with Gasteiger partial charge in [-0.15, -0.1) is 12.4 Å². The average Bonchev–Trinajstić information content (AvgIpc) is 2.92. The van der Waals surface area contributed by atoms with Crippen LogP contribution in [-0.4, -0.2) is 29.9 Å². The fourth-order valence-electron chi connectivity index (χ4n) is 2.97. The summed E-state index contributed by atoms with van der Waals surface area (Å²) < 4.78 is 0. The maximum Gasteiger partial charge on any atom is 0.227 e. The first kappa shape index (κ1) is 17.8. The largest absolute Gasteiger partial charge is 0.340 e. The van der Waals surface area contributed by atoms with Gasteiger partial charge in [0.25, 0.3) is 0 Å². The summed E-state index contributed by atoms with van der Waals surface area (Å²) >= 11 is 5.87. The van der Waals surface area contributed by atoms with E-state index in [1.54, 1.807) is 0 Å². The van der Waals surface area contributed by atoms with Crippen molar-refractivity contribution in [2.45, 2.75) is 18.4 Å². The molecule has 1 aliphatic heterocycles. The Morgan fingerprint density at radius 3 is 2.39 bits per heavy atom. The van der Waals surface area contributed by atoms with Gasteiger partial charge in [-0.1, -0.05) is 54.1 Å². The molecule has 0 radical (unpaired) electrons. The lowest BCUT2D eigenvalue weighted by molar-refractivity contribution is -0.129. The van der Waals surface area contributed by atoms with Crippen LogP contribution >= 0.6 is 24.0 Å². The molecule has 1 saturated heterocycles. The van der Waals surface area contributed by atoms with Gasteiger partial charge in [-0.05, 0) is 23.3 Å². The molecule has 0 aliphatic carbocycles. The van der Waals surface area contributed by atoms with E-state index in [4.69, 9.17) is 17.3 Å². The van der Waals surface area contributed by atoms with Crippen LogP contribution in [0.1, 0.15) is 17.0 Å². The van der Waals surface area contributed by atoms with Crippen molar-refractivity contribution in [1.29, 1.82) is 0 Å². The van der Waals surface area contributed by atoms with Gasteiger partial charge in [0, 0.05) is 30.1 Å². The zero-order valence-electron chi connectivity index (χ0n) is 12.7. The third-order valence-corrected chi connectivity index (χ3v) is 4.47. The lowest BCUT2D eigenvalue weighted by Gasteiger charge is -2.16. The van der Waals surface area contributed by atoms with Crippen molar-refractivity contribution >= 4 is 29.9 Å². The predicted molar refractivity (Wildman–Crippen MR) is 96.1 cm³/mol. The molecule has 1 fully saturated rings. The van der Waals surface area contributed by atoms with Gasteiger partial charge >= 0.3 is 0 Å². The summed E-state index contributed by atoms with van der Waals surface area (Å²) in [6, 6.07) is 17.6. The number of benzene rings is 2. The molecule has 2 aromatic carbocycles. The number of rotatable bonds is 3. The van der Waals surface area contributed by atoms with Crippen LogP contribution in [0, 0.1) is 0 Å². The number of carbonyl (C=O) groups is 1. The van der Waals surface area contributed by atoms with Gasteiger partial charge in [-0.2, -0.15) is 0 Å². The highest BCUT2D eigenvalue weighted by molar-refractivity contribution is 6.30. The van der Waals surface area contributed by atoms with Gasteiger partial charge in [-0.3, -0.25) is 4.79 Å². The van der Waals surface area contributed by atoms with E-state index in [0.29, 0.717) is 24.5 Å². The molecule has 2 atom stereocenters. The van der Waals surface area contributed by atoms with Crippen LogP contribution in [0.5, 0.6) is 0 Å². The Labute approximate surface area is 147 Å². The van der Waals surface area contributed by atoms with Crippen molar-refractivity contribution in [3.63, 3.8) is 0 Å². The minimum Gasteiger partial charge on any atom is -0.340 e. The van der Waals surface area contributed by atoms with Crippen molar-refractivity contribution in [1.82, 2.24) is 4.90 Å². The fraction of sp³-hybridized carbons (Fsp3) is 0.278. The Balaban J connectivity index is 0.00000192. The number of hydrogen-bond acceptors (Lipinski definition) is 2. The van der Waals surface area contributed by atoms with E-state index < -0.39 is 0 Å². The summed E-state index contributed by atoms with van der Waals surface area (Å²) in [6.45, 7) is 1.31. The highest BCUT2D eigenvalue weighted by atomic mass is 35.5. The van der Waals surface area contributed by atoms with Gasteiger partial charge in [0.05, 0.1) is 6.42 Å². The zero-order valence-corrected chi connectivity index (χ0v) is 14.3. The van der Waals surface area contributed by atoms with Crippen LogP contribution in [0.15, 0.2) is 54.6 Å². The zero-order chi connectivity index (χ0) is 15.5. The lowest BCUT2D eigenvalue weighted by Crippen LogP contribution is -2.33. The molecule has 2 aromatic rings. The molecule has 3 rings (SSSR count). The van der Waals surface area contributed by atoms with Crippen molar-refractivity contribution in [3.05, 3.63) is 70.7 Å². The van der Waals surface area contributed by atoms with E-state index in [0.717, 1.165) is 5.56 Å². The Kier molecular flexibility index (Phi) is 6.05. The molecule has 1 aliphatic rings. The second kappa shape index (κ2) is 7.82. The van der Waals surface area contributed by atoms with Crippen molar-refractivity contribution < 1.29 is 4.79 Å². The van der Waals surface area contributed by atoms with Crippen LogP contribution in [0.25, 0.3) is 0 Å². The minimum atomic E-state index is -0.00318. The monoisotopic (exact) mass is 350 g/mol. The maximum atomic E-state index is 12.5. The summed E-state index contributed by atoms with van der Waals surface area (Å²) in [5.41, 5.74) is 8.42. The van der Waals surface area contributed by atoms with Crippen LogP contribution in [0.3, 0.4) is 0 Å². The fourth-order valence-corrected chi connectivity index (χ4v) is 3.10. The molecule has 23 heavy (non-hydrogen) atoms. The number of halogens is 2. The van der Waals surface area contributed by atoms with Crippen molar-refractivity contribution in [2.24, 2.45) is 5.73 Å². The Hall–Kier alpha value is -1.55. The number of nitrogens with zero attached hydrogens (tertiary/aromatic N) is 1. The summed E-state index contributed by atoms with van der Waals surface area (Å²) in [6.07, 6.45) is 0.394. The van der Waals surface area contributed by atoms with Crippen molar-refractivity contribution in [2.75, 3.05) is 13.1 Å². The molecule has 1 heterocycles. The Morgan fingerprint density at radius 2 is 1.74 bits per heavy atom. The molecule has 0 unspecified atom stereocenters. The average molecular weight is 351 g/mol. The third kappa shape index (κ3) is 4.25. The molecule has 0 aromatic heterocycles. The smallest absolute Gasteiger partial charge is 0.227 e. The maximum absolute atomic E-state index is 12.5. The van der Waals surface area contributed by atoms with E-state index in [-0.39, 0.29) is 30.3 Å². The molecule has 5 heteroatoms. The molecule has 1 amide bonds. The lowest BCUT2D eigenvalue weighted by atomic mass is 9.95. The molecule has 0 bridgehead atoms. The van der Waals surface area contributed by atoms with E-state index >= 15 is 0 Å². The number of nitrogens with two attached hydrogens (primary N) is 1. The van der Waals surface area contributed by atoms with E-state index in [2.05, 4.69) is 12.1 Å². The standard InChI is InChI=1S/C18H19ClN2O.ClH/c19-15-8-6-13(7-9-15)10-18(22)21-11-16(17(20)12-21)14-4-2-1-3-5-14;/h1-9,16-17H,10-12,20H2;1H/t16-,17+;/m0./s1. The molecule has 122 valence electrons. The molecule has 0 saturated carbocycles. The number of amides is 1.